The molecule has 3 rings (SSSR count). The van der Waals surface area contributed by atoms with Crippen molar-refractivity contribution < 1.29 is 4.42 Å². The Labute approximate surface area is 123 Å². The molecule has 3 nitrogen and oxygen atoms in total. The van der Waals surface area contributed by atoms with Crippen molar-refractivity contribution in [3.63, 3.8) is 0 Å². The molecule has 2 aromatic heterocycles. The van der Waals surface area contributed by atoms with Crippen molar-refractivity contribution in [1.82, 2.24) is 4.98 Å². The van der Waals surface area contributed by atoms with Crippen LogP contribution < -0.4 is 5.73 Å². The molecular formula is C14H13BrN2OS. The molecule has 19 heavy (non-hydrogen) atoms. The summed E-state index contributed by atoms with van der Waals surface area (Å²) in [6, 6.07) is 7.81. The molecule has 0 amide bonds. The van der Waals surface area contributed by atoms with Crippen LogP contribution in [-0.2, 0) is 6.42 Å². The molecule has 1 unspecified atom stereocenters. The van der Waals surface area contributed by atoms with E-state index in [1.807, 2.05) is 36.6 Å². The first kappa shape index (κ1) is 12.8. The van der Waals surface area contributed by atoms with Crippen molar-refractivity contribution in [2.75, 3.05) is 0 Å². The Balaban J connectivity index is 1.89. The van der Waals surface area contributed by atoms with Gasteiger partial charge in [-0.25, -0.2) is 4.98 Å². The molecule has 0 saturated heterocycles. The minimum Gasteiger partial charge on any atom is -0.458 e. The summed E-state index contributed by atoms with van der Waals surface area (Å²) < 4.78 is 6.80. The highest BCUT2D eigenvalue weighted by Crippen LogP contribution is 2.30. The SMILES string of the molecule is Cc1nc(CC(N)c2cc3cccc(Br)c3o2)cs1. The van der Waals surface area contributed by atoms with Gasteiger partial charge in [-0.3, -0.25) is 0 Å². The van der Waals surface area contributed by atoms with Crippen LogP contribution in [0.5, 0.6) is 0 Å². The summed E-state index contributed by atoms with van der Waals surface area (Å²) in [5.74, 6) is 0.799. The number of fused-ring (bicyclic) bond motifs is 1. The van der Waals surface area contributed by atoms with Crippen LogP contribution in [0.3, 0.4) is 0 Å². The van der Waals surface area contributed by atoms with Crippen LogP contribution in [0, 0.1) is 6.92 Å². The van der Waals surface area contributed by atoms with Crippen molar-refractivity contribution >= 4 is 38.2 Å². The average Bonchev–Trinajstić information content (AvgIpc) is 2.96. The number of hydrogen-bond acceptors (Lipinski definition) is 4. The zero-order valence-corrected chi connectivity index (χ0v) is 12.8. The maximum atomic E-state index is 6.21. The molecule has 0 saturated carbocycles. The number of nitrogens with two attached hydrogens (primary N) is 1. The van der Waals surface area contributed by atoms with E-state index in [-0.39, 0.29) is 6.04 Å². The Morgan fingerprint density at radius 2 is 2.32 bits per heavy atom. The van der Waals surface area contributed by atoms with Crippen molar-refractivity contribution in [3.05, 3.63) is 50.6 Å². The monoisotopic (exact) mass is 336 g/mol. The molecule has 2 N–H and O–H groups in total. The molecule has 2 heterocycles. The molecule has 0 aliphatic rings. The second-order valence-electron chi connectivity index (χ2n) is 4.48. The van der Waals surface area contributed by atoms with Gasteiger partial charge in [0, 0.05) is 17.2 Å². The molecule has 3 aromatic rings. The van der Waals surface area contributed by atoms with E-state index in [0.717, 1.165) is 31.9 Å². The van der Waals surface area contributed by atoms with Crippen LogP contribution >= 0.6 is 27.3 Å². The van der Waals surface area contributed by atoms with E-state index in [1.165, 1.54) is 0 Å². The normalized spacial score (nSPS) is 13.0. The van der Waals surface area contributed by atoms with E-state index >= 15 is 0 Å². The summed E-state index contributed by atoms with van der Waals surface area (Å²) in [7, 11) is 0. The molecule has 0 spiro atoms. The van der Waals surface area contributed by atoms with Gasteiger partial charge in [0.15, 0.2) is 0 Å². The fourth-order valence-electron chi connectivity index (χ4n) is 2.06. The lowest BCUT2D eigenvalue weighted by molar-refractivity contribution is 0.491. The van der Waals surface area contributed by atoms with Gasteiger partial charge >= 0.3 is 0 Å². The number of hydrogen-bond donors (Lipinski definition) is 1. The van der Waals surface area contributed by atoms with Gasteiger partial charge in [-0.05, 0) is 35.0 Å². The first-order valence-electron chi connectivity index (χ1n) is 5.98. The Hall–Kier alpha value is -1.17. The molecule has 0 bridgehead atoms. The predicted octanol–water partition coefficient (Wildman–Crippen LogP) is 4.20. The number of halogens is 1. The van der Waals surface area contributed by atoms with Crippen LogP contribution in [0.15, 0.2) is 38.5 Å². The number of aryl methyl sites for hydroxylation is 1. The fraction of sp³-hybridized carbons (Fsp3) is 0.214. The minimum absolute atomic E-state index is 0.166. The summed E-state index contributed by atoms with van der Waals surface area (Å²) in [6.45, 7) is 2.00. The highest BCUT2D eigenvalue weighted by Gasteiger charge is 2.15. The molecule has 98 valence electrons. The fourth-order valence-corrected chi connectivity index (χ4v) is 3.15. The molecule has 0 radical (unpaired) electrons. The maximum Gasteiger partial charge on any atom is 0.148 e. The summed E-state index contributed by atoms with van der Waals surface area (Å²) in [6.07, 6.45) is 0.696. The van der Waals surface area contributed by atoms with E-state index in [4.69, 9.17) is 10.2 Å². The zero-order valence-electron chi connectivity index (χ0n) is 10.4. The first-order chi connectivity index (χ1) is 9.13. The van der Waals surface area contributed by atoms with Crippen LogP contribution in [0.25, 0.3) is 11.0 Å². The third-order valence-corrected chi connectivity index (χ3v) is 4.42. The minimum atomic E-state index is -0.166. The highest BCUT2D eigenvalue weighted by atomic mass is 79.9. The number of thiazole rings is 1. The van der Waals surface area contributed by atoms with Gasteiger partial charge in [0.2, 0.25) is 0 Å². The summed E-state index contributed by atoms with van der Waals surface area (Å²) in [4.78, 5) is 4.44. The van der Waals surface area contributed by atoms with Crippen LogP contribution in [-0.4, -0.2) is 4.98 Å². The number of nitrogens with zero attached hydrogens (tertiary/aromatic N) is 1. The van der Waals surface area contributed by atoms with Gasteiger partial charge in [-0.2, -0.15) is 0 Å². The molecule has 5 heteroatoms. The molecule has 0 aliphatic heterocycles. The van der Waals surface area contributed by atoms with Crippen LogP contribution in [0.1, 0.15) is 22.5 Å². The quantitative estimate of drug-likeness (QED) is 0.779. The van der Waals surface area contributed by atoms with Gasteiger partial charge < -0.3 is 10.2 Å². The summed E-state index contributed by atoms with van der Waals surface area (Å²) >= 11 is 5.13. The van der Waals surface area contributed by atoms with Gasteiger partial charge in [0.1, 0.15) is 11.3 Å². The molecule has 1 atom stereocenters. The van der Waals surface area contributed by atoms with Gasteiger partial charge in [0.05, 0.1) is 21.2 Å². The number of furan rings is 1. The molecule has 0 aliphatic carbocycles. The van der Waals surface area contributed by atoms with Crippen LogP contribution in [0.2, 0.25) is 0 Å². The second kappa shape index (κ2) is 5.07. The van der Waals surface area contributed by atoms with Crippen molar-refractivity contribution in [1.29, 1.82) is 0 Å². The molecular weight excluding hydrogens is 324 g/mol. The summed E-state index contributed by atoms with van der Waals surface area (Å²) in [5.41, 5.74) is 8.08. The maximum absolute atomic E-state index is 6.21. The Kier molecular flexibility index (Phi) is 3.43. The third kappa shape index (κ3) is 2.59. The number of para-hydroxylation sites is 1. The van der Waals surface area contributed by atoms with Crippen molar-refractivity contribution in [3.8, 4) is 0 Å². The number of aromatic nitrogens is 1. The Bertz CT molecular complexity index is 719. The van der Waals surface area contributed by atoms with Gasteiger partial charge in [-0.15, -0.1) is 11.3 Å². The average molecular weight is 337 g/mol. The van der Waals surface area contributed by atoms with Crippen LogP contribution in [0.4, 0.5) is 0 Å². The molecule has 1 aromatic carbocycles. The predicted molar refractivity (Wildman–Crippen MR) is 81.4 cm³/mol. The lowest BCUT2D eigenvalue weighted by Crippen LogP contribution is -2.12. The van der Waals surface area contributed by atoms with Crippen molar-refractivity contribution in [2.24, 2.45) is 5.73 Å². The first-order valence-corrected chi connectivity index (χ1v) is 7.65. The largest absolute Gasteiger partial charge is 0.458 e. The van der Waals surface area contributed by atoms with E-state index in [2.05, 4.69) is 20.9 Å². The highest BCUT2D eigenvalue weighted by molar-refractivity contribution is 9.10. The zero-order chi connectivity index (χ0) is 13.4. The van der Waals surface area contributed by atoms with Gasteiger partial charge in [-0.1, -0.05) is 12.1 Å². The number of benzene rings is 1. The van der Waals surface area contributed by atoms with E-state index < -0.39 is 0 Å². The number of rotatable bonds is 3. The Morgan fingerprint density at radius 3 is 3.00 bits per heavy atom. The summed E-state index contributed by atoms with van der Waals surface area (Å²) in [5, 5.41) is 4.18. The standard InChI is InChI=1S/C14H13BrN2OS/c1-8-17-10(7-19-8)6-12(16)13-5-9-3-2-4-11(15)14(9)18-13/h2-5,7,12H,6,16H2,1H3. The lowest BCUT2D eigenvalue weighted by atomic mass is 10.1. The van der Waals surface area contributed by atoms with E-state index in [9.17, 15) is 0 Å². The Morgan fingerprint density at radius 1 is 1.47 bits per heavy atom. The second-order valence-corrected chi connectivity index (χ2v) is 6.39. The lowest BCUT2D eigenvalue weighted by Gasteiger charge is -2.05. The smallest absolute Gasteiger partial charge is 0.148 e. The van der Waals surface area contributed by atoms with Crippen molar-refractivity contribution in [2.45, 2.75) is 19.4 Å². The topological polar surface area (TPSA) is 52.0 Å². The third-order valence-electron chi connectivity index (χ3n) is 2.98. The molecule has 0 fully saturated rings. The van der Waals surface area contributed by atoms with E-state index in [1.54, 1.807) is 11.3 Å². The van der Waals surface area contributed by atoms with E-state index in [0.29, 0.717) is 6.42 Å². The van der Waals surface area contributed by atoms with Gasteiger partial charge in [0.25, 0.3) is 0 Å².